The van der Waals surface area contributed by atoms with Gasteiger partial charge in [0.25, 0.3) is 5.91 Å². The molecule has 4 heterocycles. The fraction of sp³-hybridized carbons (Fsp3) is 0.286. The molecule has 5 rings (SSSR count). The zero-order valence-electron chi connectivity index (χ0n) is 21.5. The first-order valence-corrected chi connectivity index (χ1v) is 12.6. The maximum absolute atomic E-state index is 12.9. The second-order valence-electron chi connectivity index (χ2n) is 9.70. The van der Waals surface area contributed by atoms with E-state index in [2.05, 4.69) is 40.7 Å². The predicted molar refractivity (Wildman–Crippen MR) is 146 cm³/mol. The highest BCUT2D eigenvalue weighted by Gasteiger charge is 2.28. The minimum atomic E-state index is -0.252. The molecule has 1 fully saturated rings. The Morgan fingerprint density at radius 1 is 1.16 bits per heavy atom. The third-order valence-corrected chi connectivity index (χ3v) is 6.86. The van der Waals surface area contributed by atoms with Gasteiger partial charge in [-0.05, 0) is 54.7 Å². The Morgan fingerprint density at radius 3 is 2.68 bits per heavy atom. The summed E-state index contributed by atoms with van der Waals surface area (Å²) in [7, 11) is 0. The van der Waals surface area contributed by atoms with Crippen LogP contribution in [0.25, 0.3) is 22.3 Å². The molecule has 1 aliphatic heterocycles. The van der Waals surface area contributed by atoms with Crippen molar-refractivity contribution in [2.75, 3.05) is 24.1 Å². The Balaban J connectivity index is 1.44. The third-order valence-electron chi connectivity index (χ3n) is 6.86. The molecule has 1 aromatic carbocycles. The van der Waals surface area contributed by atoms with E-state index in [-0.39, 0.29) is 17.9 Å². The van der Waals surface area contributed by atoms with Crippen molar-refractivity contribution in [2.45, 2.75) is 38.6 Å². The minimum absolute atomic E-state index is 0.0580. The number of nitrogens with one attached hydrogen (secondary N) is 1. The van der Waals surface area contributed by atoms with Gasteiger partial charge in [0.05, 0.1) is 11.4 Å². The molecule has 1 atom stereocenters. The van der Waals surface area contributed by atoms with Crippen molar-refractivity contribution in [3.8, 4) is 11.3 Å². The standard InChI is InChI=1S/C28H30N8O2/c1-4-23(37)35-13-5-6-21(15-35)36-27-24(26(29)31-16-32-27)25(34-36)18-7-9-19(10-8-18)28(38)33-22-14-20(17(2)3)11-12-30-22/h4,7-12,14,16-17,21H,1,5-6,13,15H2,2-3H3,(H2,29,31,32)(H,30,33,38). The first-order chi connectivity index (χ1) is 18.4. The number of piperidine rings is 1. The van der Waals surface area contributed by atoms with E-state index >= 15 is 0 Å². The van der Waals surface area contributed by atoms with Gasteiger partial charge in [-0.3, -0.25) is 9.59 Å². The van der Waals surface area contributed by atoms with E-state index in [9.17, 15) is 9.59 Å². The quantitative estimate of drug-likeness (QED) is 0.372. The summed E-state index contributed by atoms with van der Waals surface area (Å²) in [5.74, 6) is 0.816. The van der Waals surface area contributed by atoms with Crippen molar-refractivity contribution in [3.63, 3.8) is 0 Å². The Bertz CT molecular complexity index is 1510. The molecule has 0 bridgehead atoms. The Morgan fingerprint density at radius 2 is 1.95 bits per heavy atom. The van der Waals surface area contributed by atoms with E-state index in [1.165, 1.54) is 12.4 Å². The summed E-state index contributed by atoms with van der Waals surface area (Å²) in [5, 5.41) is 8.40. The SMILES string of the molecule is C=CC(=O)N1CCCC(n2nc(-c3ccc(C(=O)Nc4cc(C(C)C)ccn4)cc3)c3c(N)ncnc32)C1. The first-order valence-electron chi connectivity index (χ1n) is 12.6. The number of nitrogens with two attached hydrogens (primary N) is 1. The summed E-state index contributed by atoms with van der Waals surface area (Å²) in [6.45, 7) is 8.99. The van der Waals surface area contributed by atoms with Crippen molar-refractivity contribution in [3.05, 3.63) is 72.7 Å². The van der Waals surface area contributed by atoms with Crippen LogP contribution in [0.15, 0.2) is 61.6 Å². The number of likely N-dealkylation sites (tertiary alicyclic amines) is 1. The van der Waals surface area contributed by atoms with Gasteiger partial charge in [0, 0.05) is 30.4 Å². The molecule has 4 aromatic rings. The van der Waals surface area contributed by atoms with Crippen molar-refractivity contribution in [1.29, 1.82) is 0 Å². The Kier molecular flexibility index (Phi) is 6.87. The average molecular weight is 511 g/mol. The topological polar surface area (TPSA) is 132 Å². The number of carbonyl (C=O) groups is 2. The number of nitrogen functional groups attached to an aromatic ring is 1. The first kappa shape index (κ1) is 25.1. The number of hydrogen-bond acceptors (Lipinski definition) is 7. The van der Waals surface area contributed by atoms with Crippen LogP contribution in [0.5, 0.6) is 0 Å². The molecule has 3 aromatic heterocycles. The van der Waals surface area contributed by atoms with Crippen LogP contribution in [-0.4, -0.2) is 54.5 Å². The lowest BCUT2D eigenvalue weighted by Crippen LogP contribution is -2.40. The maximum atomic E-state index is 12.9. The molecule has 0 aliphatic carbocycles. The summed E-state index contributed by atoms with van der Waals surface area (Å²) in [6, 6.07) is 10.9. The lowest BCUT2D eigenvalue weighted by Gasteiger charge is -2.32. The van der Waals surface area contributed by atoms with Crippen LogP contribution in [0.2, 0.25) is 0 Å². The number of fused-ring (bicyclic) bond motifs is 1. The Labute approximate surface area is 220 Å². The van der Waals surface area contributed by atoms with Crippen LogP contribution < -0.4 is 11.1 Å². The van der Waals surface area contributed by atoms with Gasteiger partial charge in [0.1, 0.15) is 23.7 Å². The zero-order chi connectivity index (χ0) is 26.8. The lowest BCUT2D eigenvalue weighted by atomic mass is 10.0. The highest BCUT2D eigenvalue weighted by Crippen LogP contribution is 2.34. The fourth-order valence-electron chi connectivity index (χ4n) is 4.78. The van der Waals surface area contributed by atoms with Gasteiger partial charge in [0.2, 0.25) is 5.91 Å². The highest BCUT2D eigenvalue weighted by molar-refractivity contribution is 6.04. The molecule has 10 nitrogen and oxygen atoms in total. The van der Waals surface area contributed by atoms with Gasteiger partial charge in [-0.1, -0.05) is 32.6 Å². The third kappa shape index (κ3) is 4.84. The molecule has 0 saturated carbocycles. The van der Waals surface area contributed by atoms with Crippen LogP contribution in [0.3, 0.4) is 0 Å². The summed E-state index contributed by atoms with van der Waals surface area (Å²) in [6.07, 6.45) is 6.15. The van der Waals surface area contributed by atoms with Gasteiger partial charge in [-0.2, -0.15) is 5.10 Å². The molecule has 194 valence electrons. The van der Waals surface area contributed by atoms with E-state index < -0.39 is 0 Å². The number of aromatic nitrogens is 5. The zero-order valence-corrected chi connectivity index (χ0v) is 21.5. The van der Waals surface area contributed by atoms with E-state index in [1.54, 1.807) is 23.2 Å². The van der Waals surface area contributed by atoms with Crippen molar-refractivity contribution in [2.24, 2.45) is 0 Å². The van der Waals surface area contributed by atoms with Gasteiger partial charge in [0.15, 0.2) is 5.65 Å². The summed E-state index contributed by atoms with van der Waals surface area (Å²) < 4.78 is 1.85. The van der Waals surface area contributed by atoms with Crippen LogP contribution in [0.1, 0.15) is 54.6 Å². The number of amides is 2. The fourth-order valence-corrected chi connectivity index (χ4v) is 4.78. The maximum Gasteiger partial charge on any atom is 0.256 e. The van der Waals surface area contributed by atoms with E-state index in [4.69, 9.17) is 10.8 Å². The highest BCUT2D eigenvalue weighted by atomic mass is 16.2. The molecule has 2 amide bonds. The van der Waals surface area contributed by atoms with Crippen LogP contribution in [0, 0.1) is 0 Å². The summed E-state index contributed by atoms with van der Waals surface area (Å²) in [5.41, 5.74) is 9.89. The largest absolute Gasteiger partial charge is 0.383 e. The van der Waals surface area contributed by atoms with Crippen LogP contribution >= 0.6 is 0 Å². The molecule has 1 saturated heterocycles. The number of pyridine rings is 1. The average Bonchev–Trinajstić information content (AvgIpc) is 3.34. The molecule has 0 spiro atoms. The molecule has 1 unspecified atom stereocenters. The number of anilines is 2. The lowest BCUT2D eigenvalue weighted by molar-refractivity contribution is -0.127. The monoisotopic (exact) mass is 510 g/mol. The van der Waals surface area contributed by atoms with E-state index in [0.717, 1.165) is 24.0 Å². The second-order valence-corrected chi connectivity index (χ2v) is 9.70. The molecular weight excluding hydrogens is 480 g/mol. The molecular formula is C28H30N8O2. The van der Waals surface area contributed by atoms with Crippen LogP contribution in [0.4, 0.5) is 11.6 Å². The summed E-state index contributed by atoms with van der Waals surface area (Å²) >= 11 is 0. The number of carbonyl (C=O) groups excluding carboxylic acids is 2. The number of nitrogens with zero attached hydrogens (tertiary/aromatic N) is 6. The van der Waals surface area contributed by atoms with Crippen molar-refractivity contribution < 1.29 is 9.59 Å². The van der Waals surface area contributed by atoms with Crippen molar-refractivity contribution in [1.82, 2.24) is 29.6 Å². The molecule has 3 N–H and O–H groups in total. The van der Waals surface area contributed by atoms with Crippen molar-refractivity contribution >= 4 is 34.5 Å². The number of hydrogen-bond donors (Lipinski definition) is 2. The minimum Gasteiger partial charge on any atom is -0.383 e. The van der Waals surface area contributed by atoms with E-state index in [1.807, 2.05) is 28.9 Å². The molecule has 38 heavy (non-hydrogen) atoms. The molecule has 1 aliphatic rings. The molecule has 10 heteroatoms. The number of rotatable bonds is 6. The number of benzene rings is 1. The second kappa shape index (κ2) is 10.4. The Hall–Kier alpha value is -4.60. The van der Waals surface area contributed by atoms with Gasteiger partial charge in [-0.15, -0.1) is 0 Å². The predicted octanol–water partition coefficient (Wildman–Crippen LogP) is 4.20. The van der Waals surface area contributed by atoms with E-state index in [0.29, 0.717) is 52.9 Å². The van der Waals surface area contributed by atoms with Gasteiger partial charge in [-0.25, -0.2) is 19.6 Å². The normalized spacial score (nSPS) is 15.6. The molecule has 0 radical (unpaired) electrons. The van der Waals surface area contributed by atoms with Crippen LogP contribution in [-0.2, 0) is 4.79 Å². The van der Waals surface area contributed by atoms with Gasteiger partial charge >= 0.3 is 0 Å². The summed E-state index contributed by atoms with van der Waals surface area (Å²) in [4.78, 5) is 39.8. The van der Waals surface area contributed by atoms with Gasteiger partial charge < -0.3 is 16.0 Å². The smallest absolute Gasteiger partial charge is 0.256 e.